The summed E-state index contributed by atoms with van der Waals surface area (Å²) >= 11 is 0. The van der Waals surface area contributed by atoms with Crippen LogP contribution in [0.2, 0.25) is 0 Å². The van der Waals surface area contributed by atoms with Crippen LogP contribution in [0.1, 0.15) is 11.1 Å². The number of fused-ring (bicyclic) bond motifs is 1. The quantitative estimate of drug-likeness (QED) is 0.548. The second-order valence-electron chi connectivity index (χ2n) is 4.87. The van der Waals surface area contributed by atoms with E-state index in [0.29, 0.717) is 0 Å². The molecule has 0 radical (unpaired) electrons. The summed E-state index contributed by atoms with van der Waals surface area (Å²) < 4.78 is 5.15. The molecule has 0 unspecified atom stereocenters. The fraction of sp³-hybridized carbons (Fsp3) is 0.118. The van der Waals surface area contributed by atoms with Gasteiger partial charge < -0.3 is 4.74 Å². The molecule has 1 aromatic heterocycles. The lowest BCUT2D eigenvalue weighted by Crippen LogP contribution is -2.03. The van der Waals surface area contributed by atoms with Gasteiger partial charge in [-0.3, -0.25) is 0 Å². The number of hydrogen-bond acceptors (Lipinski definition) is 4. The summed E-state index contributed by atoms with van der Waals surface area (Å²) in [6.45, 7) is 5.51. The Kier molecular flexibility index (Phi) is 3.70. The summed E-state index contributed by atoms with van der Waals surface area (Å²) in [5.74, 6) is -0.452. The Hall–Kier alpha value is -2.95. The summed E-state index contributed by atoms with van der Waals surface area (Å²) in [4.78, 5) is 12.9. The van der Waals surface area contributed by atoms with E-state index < -0.39 is 5.97 Å². The highest BCUT2D eigenvalue weighted by Gasteiger charge is 2.12. The maximum Gasteiger partial charge on any atom is 0.330 e. The first-order valence-electron chi connectivity index (χ1n) is 6.89. The van der Waals surface area contributed by atoms with Gasteiger partial charge in [0.2, 0.25) is 0 Å². The van der Waals surface area contributed by atoms with Gasteiger partial charge in [-0.25, -0.2) is 4.79 Å². The minimum Gasteiger partial charge on any atom is -0.458 e. The van der Waals surface area contributed by atoms with Crippen LogP contribution in [0.15, 0.2) is 55.1 Å². The van der Waals surface area contributed by atoms with E-state index in [2.05, 4.69) is 16.8 Å². The molecule has 0 fully saturated rings. The molecule has 0 amide bonds. The maximum atomic E-state index is 11.3. The molecule has 2 aromatic carbocycles. The summed E-state index contributed by atoms with van der Waals surface area (Å²) in [6, 6.07) is 13.5. The average molecular weight is 293 g/mol. The normalized spacial score (nSPS) is 10.6. The average Bonchev–Trinajstić information content (AvgIpc) is 2.98. The highest BCUT2D eigenvalue weighted by molar-refractivity contribution is 5.82. The molecular formula is C17H15N3O2. The number of carbonyl (C=O) groups is 1. The van der Waals surface area contributed by atoms with Crippen LogP contribution >= 0.6 is 0 Å². The Morgan fingerprint density at radius 3 is 2.73 bits per heavy atom. The zero-order valence-corrected chi connectivity index (χ0v) is 12.2. The van der Waals surface area contributed by atoms with E-state index in [9.17, 15) is 4.79 Å². The third-order valence-electron chi connectivity index (χ3n) is 3.41. The summed E-state index contributed by atoms with van der Waals surface area (Å²) in [7, 11) is 0. The first kappa shape index (κ1) is 14.0. The van der Waals surface area contributed by atoms with E-state index >= 15 is 0 Å². The third-order valence-corrected chi connectivity index (χ3v) is 3.41. The molecule has 110 valence electrons. The number of rotatable bonds is 4. The van der Waals surface area contributed by atoms with Gasteiger partial charge in [0.15, 0.2) is 0 Å². The van der Waals surface area contributed by atoms with Gasteiger partial charge in [0.05, 0.1) is 5.69 Å². The van der Waals surface area contributed by atoms with Crippen molar-refractivity contribution in [3.05, 3.63) is 66.2 Å². The second-order valence-corrected chi connectivity index (χ2v) is 4.87. The number of para-hydroxylation sites is 1. The van der Waals surface area contributed by atoms with Gasteiger partial charge in [-0.05, 0) is 30.7 Å². The number of carbonyl (C=O) groups excluding carboxylic acids is 1. The van der Waals surface area contributed by atoms with Crippen LogP contribution in [-0.4, -0.2) is 21.0 Å². The molecule has 0 aliphatic carbocycles. The predicted molar refractivity (Wildman–Crippen MR) is 83.6 cm³/mol. The van der Waals surface area contributed by atoms with E-state index in [1.165, 1.54) is 0 Å². The fourth-order valence-corrected chi connectivity index (χ4v) is 2.20. The maximum absolute atomic E-state index is 11.3. The van der Waals surface area contributed by atoms with E-state index in [1.54, 1.807) is 4.80 Å². The van der Waals surface area contributed by atoms with Gasteiger partial charge in [0.1, 0.15) is 17.6 Å². The van der Waals surface area contributed by atoms with Crippen LogP contribution in [-0.2, 0) is 16.1 Å². The summed E-state index contributed by atoms with van der Waals surface area (Å²) in [6.07, 6.45) is 1.15. The Morgan fingerprint density at radius 2 is 2.00 bits per heavy atom. The number of aromatic nitrogens is 3. The molecule has 0 atom stereocenters. The van der Waals surface area contributed by atoms with Crippen molar-refractivity contribution >= 4 is 17.0 Å². The smallest absolute Gasteiger partial charge is 0.330 e. The van der Waals surface area contributed by atoms with Crippen molar-refractivity contribution in [2.24, 2.45) is 0 Å². The first-order valence-corrected chi connectivity index (χ1v) is 6.89. The van der Waals surface area contributed by atoms with Crippen LogP contribution in [0.25, 0.3) is 16.7 Å². The number of esters is 1. The fourth-order valence-electron chi connectivity index (χ4n) is 2.20. The predicted octanol–water partition coefficient (Wildman–Crippen LogP) is 2.96. The number of aryl methyl sites for hydroxylation is 1. The Bertz CT molecular complexity index is 838. The number of hydrogen-bond donors (Lipinski definition) is 0. The highest BCUT2D eigenvalue weighted by Crippen LogP contribution is 2.21. The van der Waals surface area contributed by atoms with E-state index in [-0.39, 0.29) is 6.61 Å². The van der Waals surface area contributed by atoms with Crippen LogP contribution < -0.4 is 0 Å². The molecule has 1 heterocycles. The van der Waals surface area contributed by atoms with Crippen molar-refractivity contribution in [2.45, 2.75) is 13.5 Å². The number of nitrogens with zero attached hydrogens (tertiary/aromatic N) is 3. The van der Waals surface area contributed by atoms with Crippen molar-refractivity contribution in [1.82, 2.24) is 15.0 Å². The van der Waals surface area contributed by atoms with Gasteiger partial charge in [-0.2, -0.15) is 4.80 Å². The Balaban J connectivity index is 2.04. The summed E-state index contributed by atoms with van der Waals surface area (Å²) in [5.41, 5.74) is 4.24. The van der Waals surface area contributed by atoms with Crippen molar-refractivity contribution in [2.75, 3.05) is 0 Å². The van der Waals surface area contributed by atoms with Crippen molar-refractivity contribution in [1.29, 1.82) is 0 Å². The molecular weight excluding hydrogens is 278 g/mol. The Labute approximate surface area is 127 Å². The Morgan fingerprint density at radius 1 is 1.23 bits per heavy atom. The lowest BCUT2D eigenvalue weighted by molar-refractivity contribution is -0.138. The van der Waals surface area contributed by atoms with Gasteiger partial charge in [0, 0.05) is 11.6 Å². The number of ether oxygens (including phenoxy) is 1. The lowest BCUT2D eigenvalue weighted by atomic mass is 10.1. The molecule has 5 nitrogen and oxygen atoms in total. The number of benzene rings is 2. The van der Waals surface area contributed by atoms with Gasteiger partial charge in [-0.15, -0.1) is 10.2 Å². The van der Waals surface area contributed by atoms with Gasteiger partial charge in [0.25, 0.3) is 0 Å². The first-order chi connectivity index (χ1) is 10.7. The van der Waals surface area contributed by atoms with E-state index in [0.717, 1.165) is 33.9 Å². The minimum absolute atomic E-state index is 0.154. The van der Waals surface area contributed by atoms with Crippen LogP contribution in [0.5, 0.6) is 0 Å². The molecule has 0 saturated heterocycles. The SMILES string of the molecule is C=CC(=O)OCc1c(C)ccc2nn(-c3ccccc3)nc12. The molecule has 22 heavy (non-hydrogen) atoms. The van der Waals surface area contributed by atoms with Crippen LogP contribution in [0.4, 0.5) is 0 Å². The van der Waals surface area contributed by atoms with Crippen molar-refractivity contribution < 1.29 is 9.53 Å². The zero-order chi connectivity index (χ0) is 15.5. The summed E-state index contributed by atoms with van der Waals surface area (Å²) in [5, 5.41) is 9.01. The van der Waals surface area contributed by atoms with Crippen molar-refractivity contribution in [3.63, 3.8) is 0 Å². The molecule has 3 rings (SSSR count). The van der Waals surface area contributed by atoms with E-state index in [4.69, 9.17) is 4.74 Å². The van der Waals surface area contributed by atoms with E-state index in [1.807, 2.05) is 49.4 Å². The molecule has 0 saturated carbocycles. The second kappa shape index (κ2) is 5.81. The third kappa shape index (κ3) is 2.61. The molecule has 0 aliphatic heterocycles. The van der Waals surface area contributed by atoms with Crippen LogP contribution in [0.3, 0.4) is 0 Å². The highest BCUT2D eigenvalue weighted by atomic mass is 16.5. The van der Waals surface area contributed by atoms with Gasteiger partial charge in [-0.1, -0.05) is 30.8 Å². The monoisotopic (exact) mass is 293 g/mol. The standard InChI is InChI=1S/C17H15N3O2/c1-3-16(21)22-11-14-12(2)9-10-15-17(14)19-20(18-15)13-7-5-4-6-8-13/h3-10H,1,11H2,2H3. The largest absolute Gasteiger partial charge is 0.458 e. The molecule has 0 bridgehead atoms. The molecule has 0 spiro atoms. The lowest BCUT2D eigenvalue weighted by Gasteiger charge is -2.06. The van der Waals surface area contributed by atoms with Crippen LogP contribution in [0, 0.1) is 6.92 Å². The van der Waals surface area contributed by atoms with Crippen molar-refractivity contribution in [3.8, 4) is 5.69 Å². The minimum atomic E-state index is -0.452. The topological polar surface area (TPSA) is 57.0 Å². The zero-order valence-electron chi connectivity index (χ0n) is 12.2. The molecule has 0 N–H and O–H groups in total. The molecule has 5 heteroatoms. The molecule has 0 aliphatic rings. The molecule has 3 aromatic rings. The van der Waals surface area contributed by atoms with Gasteiger partial charge >= 0.3 is 5.97 Å².